The predicted molar refractivity (Wildman–Crippen MR) is 96.6 cm³/mol. The monoisotopic (exact) mass is 345 g/mol. The largest absolute Gasteiger partial charge is 0.379 e. The summed E-state index contributed by atoms with van der Waals surface area (Å²) in [5.74, 6) is -0.273. The average molecular weight is 345 g/mol. The Kier molecular flexibility index (Phi) is 5.71. The Morgan fingerprint density at radius 3 is 2.40 bits per heavy atom. The van der Waals surface area contributed by atoms with Crippen LogP contribution in [0.5, 0.6) is 0 Å². The van der Waals surface area contributed by atoms with E-state index in [1.165, 1.54) is 4.90 Å². The summed E-state index contributed by atoms with van der Waals surface area (Å²) in [6, 6.07) is 8.19. The normalized spacial score (nSPS) is 21.8. The van der Waals surface area contributed by atoms with Gasteiger partial charge in [-0.2, -0.15) is 0 Å². The highest BCUT2D eigenvalue weighted by Crippen LogP contribution is 2.24. The van der Waals surface area contributed by atoms with Crippen molar-refractivity contribution in [1.29, 1.82) is 0 Å². The number of morpholine rings is 1. The highest BCUT2D eigenvalue weighted by Gasteiger charge is 2.38. The zero-order valence-corrected chi connectivity index (χ0v) is 15.1. The average Bonchev–Trinajstić information content (AvgIpc) is 2.88. The number of hydrogen-bond donors (Lipinski definition) is 0. The number of carbonyl (C=O) groups is 2. The summed E-state index contributed by atoms with van der Waals surface area (Å²) < 4.78 is 5.33. The van der Waals surface area contributed by atoms with E-state index >= 15 is 0 Å². The van der Waals surface area contributed by atoms with E-state index in [1.807, 2.05) is 43.3 Å². The Labute approximate surface area is 149 Å². The first-order valence-electron chi connectivity index (χ1n) is 8.95. The molecule has 2 saturated heterocycles. The van der Waals surface area contributed by atoms with Crippen molar-refractivity contribution in [2.75, 3.05) is 58.4 Å². The Morgan fingerprint density at radius 1 is 1.08 bits per heavy atom. The molecule has 6 heteroatoms. The molecule has 6 nitrogen and oxygen atoms in total. The van der Waals surface area contributed by atoms with Crippen molar-refractivity contribution in [2.24, 2.45) is 5.92 Å². The molecular formula is C19H27N3O3. The van der Waals surface area contributed by atoms with Crippen LogP contribution in [0.25, 0.3) is 0 Å². The first-order valence-corrected chi connectivity index (χ1v) is 8.95. The van der Waals surface area contributed by atoms with Crippen LogP contribution in [0.3, 0.4) is 0 Å². The van der Waals surface area contributed by atoms with Crippen LogP contribution in [0.1, 0.15) is 12.0 Å². The van der Waals surface area contributed by atoms with Gasteiger partial charge in [0.05, 0.1) is 19.1 Å². The van der Waals surface area contributed by atoms with Gasteiger partial charge in [0.25, 0.3) is 0 Å². The second kappa shape index (κ2) is 7.97. The summed E-state index contributed by atoms with van der Waals surface area (Å²) in [6.45, 7) is 4.44. The predicted octanol–water partition coefficient (Wildman–Crippen LogP) is 1.00. The molecule has 0 aliphatic carbocycles. The van der Waals surface area contributed by atoms with Crippen LogP contribution in [0.2, 0.25) is 0 Å². The molecule has 1 unspecified atom stereocenters. The molecule has 3 rings (SSSR count). The fraction of sp³-hybridized carbons (Fsp3) is 0.579. The van der Waals surface area contributed by atoms with E-state index in [9.17, 15) is 9.59 Å². The van der Waals surface area contributed by atoms with E-state index in [4.69, 9.17) is 4.74 Å². The van der Waals surface area contributed by atoms with Gasteiger partial charge < -0.3 is 9.64 Å². The van der Waals surface area contributed by atoms with E-state index in [2.05, 4.69) is 4.90 Å². The molecule has 2 aliphatic heterocycles. The van der Waals surface area contributed by atoms with Crippen molar-refractivity contribution in [3.8, 4) is 0 Å². The summed E-state index contributed by atoms with van der Waals surface area (Å²) in [5, 5.41) is 0. The second-order valence-corrected chi connectivity index (χ2v) is 7.00. The molecule has 25 heavy (non-hydrogen) atoms. The lowest BCUT2D eigenvalue weighted by Gasteiger charge is -2.28. The van der Waals surface area contributed by atoms with Crippen LogP contribution in [0.4, 0.5) is 5.69 Å². The molecule has 0 N–H and O–H groups in total. The van der Waals surface area contributed by atoms with Gasteiger partial charge in [0.15, 0.2) is 0 Å². The second-order valence-electron chi connectivity index (χ2n) is 7.00. The van der Waals surface area contributed by atoms with Gasteiger partial charge in [0.2, 0.25) is 11.8 Å². The van der Waals surface area contributed by atoms with Crippen molar-refractivity contribution < 1.29 is 14.3 Å². The Bertz CT molecular complexity index is 609. The topological polar surface area (TPSA) is 53.1 Å². The lowest BCUT2D eigenvalue weighted by atomic mass is 9.98. The number of benzene rings is 1. The van der Waals surface area contributed by atoms with E-state index in [0.717, 1.165) is 44.1 Å². The van der Waals surface area contributed by atoms with Crippen LogP contribution in [0.15, 0.2) is 24.3 Å². The van der Waals surface area contributed by atoms with Gasteiger partial charge >= 0.3 is 0 Å². The molecule has 0 aromatic heterocycles. The van der Waals surface area contributed by atoms with Crippen molar-refractivity contribution in [3.05, 3.63) is 29.8 Å². The molecule has 136 valence electrons. The van der Waals surface area contributed by atoms with Gasteiger partial charge in [0, 0.05) is 52.4 Å². The van der Waals surface area contributed by atoms with Crippen molar-refractivity contribution in [1.82, 2.24) is 9.80 Å². The van der Waals surface area contributed by atoms with Gasteiger partial charge in [-0.3, -0.25) is 19.4 Å². The highest BCUT2D eigenvalue weighted by molar-refractivity contribution is 6.03. The summed E-state index contributed by atoms with van der Waals surface area (Å²) >= 11 is 0. The van der Waals surface area contributed by atoms with Crippen molar-refractivity contribution >= 4 is 17.5 Å². The van der Waals surface area contributed by atoms with Gasteiger partial charge in [-0.15, -0.1) is 0 Å². The summed E-state index contributed by atoms with van der Waals surface area (Å²) in [7, 11) is 4.00. The maximum absolute atomic E-state index is 12.6. The molecule has 1 atom stereocenters. The summed E-state index contributed by atoms with van der Waals surface area (Å²) in [4.78, 5) is 30.6. The lowest BCUT2D eigenvalue weighted by molar-refractivity contribution is -0.139. The lowest BCUT2D eigenvalue weighted by Crippen LogP contribution is -2.43. The molecule has 0 radical (unpaired) electrons. The molecule has 0 spiro atoms. The van der Waals surface area contributed by atoms with E-state index in [0.29, 0.717) is 19.4 Å². The first kappa shape index (κ1) is 17.9. The smallest absolute Gasteiger partial charge is 0.233 e. The number of likely N-dealkylation sites (tertiary alicyclic amines) is 1. The zero-order chi connectivity index (χ0) is 17.8. The number of amides is 2. The Hall–Kier alpha value is -1.92. The fourth-order valence-corrected chi connectivity index (χ4v) is 3.43. The molecule has 1 aromatic carbocycles. The third kappa shape index (κ3) is 4.38. The number of anilines is 1. The number of imide groups is 1. The standard InChI is InChI=1S/C19H27N3O3/c1-20(2)17-5-3-15(4-6-17)13-16-14-18(23)22(19(16)24)8-7-21-9-11-25-12-10-21/h3-6,16H,7-14H2,1-2H3. The Balaban J connectivity index is 1.55. The number of rotatable bonds is 6. The molecule has 0 saturated carbocycles. The molecule has 2 fully saturated rings. The molecule has 2 heterocycles. The number of nitrogens with zero attached hydrogens (tertiary/aromatic N) is 3. The maximum atomic E-state index is 12.6. The number of hydrogen-bond acceptors (Lipinski definition) is 5. The SMILES string of the molecule is CN(C)c1ccc(CC2CC(=O)N(CCN3CCOCC3)C2=O)cc1. The molecule has 1 aromatic rings. The molecular weight excluding hydrogens is 318 g/mol. The zero-order valence-electron chi connectivity index (χ0n) is 15.1. The minimum atomic E-state index is -0.220. The third-order valence-electron chi connectivity index (χ3n) is 5.02. The van der Waals surface area contributed by atoms with Crippen LogP contribution >= 0.6 is 0 Å². The van der Waals surface area contributed by atoms with Crippen LogP contribution in [0, 0.1) is 5.92 Å². The van der Waals surface area contributed by atoms with Gasteiger partial charge in [-0.25, -0.2) is 0 Å². The molecule has 0 bridgehead atoms. The number of carbonyl (C=O) groups excluding carboxylic acids is 2. The van der Waals surface area contributed by atoms with E-state index in [1.54, 1.807) is 0 Å². The summed E-state index contributed by atoms with van der Waals surface area (Å²) in [6.07, 6.45) is 0.962. The quantitative estimate of drug-likeness (QED) is 0.720. The third-order valence-corrected chi connectivity index (χ3v) is 5.02. The van der Waals surface area contributed by atoms with Crippen LogP contribution < -0.4 is 4.90 Å². The first-order chi connectivity index (χ1) is 12.0. The van der Waals surface area contributed by atoms with Gasteiger partial charge in [-0.1, -0.05) is 12.1 Å². The molecule has 2 amide bonds. The van der Waals surface area contributed by atoms with Crippen LogP contribution in [-0.2, 0) is 20.7 Å². The van der Waals surface area contributed by atoms with Crippen molar-refractivity contribution in [2.45, 2.75) is 12.8 Å². The summed E-state index contributed by atoms with van der Waals surface area (Å²) in [5.41, 5.74) is 2.23. The van der Waals surface area contributed by atoms with E-state index in [-0.39, 0.29) is 17.7 Å². The van der Waals surface area contributed by atoms with Gasteiger partial charge in [0.1, 0.15) is 0 Å². The van der Waals surface area contributed by atoms with E-state index < -0.39 is 0 Å². The van der Waals surface area contributed by atoms with Crippen molar-refractivity contribution in [3.63, 3.8) is 0 Å². The van der Waals surface area contributed by atoms with Crippen LogP contribution in [-0.4, -0.2) is 75.1 Å². The fourth-order valence-electron chi connectivity index (χ4n) is 3.43. The highest BCUT2D eigenvalue weighted by atomic mass is 16.5. The maximum Gasteiger partial charge on any atom is 0.233 e. The van der Waals surface area contributed by atoms with Gasteiger partial charge in [-0.05, 0) is 24.1 Å². The minimum absolute atomic E-state index is 0.0186. The minimum Gasteiger partial charge on any atom is -0.379 e. The molecule has 2 aliphatic rings. The number of ether oxygens (including phenoxy) is 1. The Morgan fingerprint density at radius 2 is 1.76 bits per heavy atom.